The number of carbonyl (C=O) groups is 1. The van der Waals surface area contributed by atoms with Gasteiger partial charge in [-0.05, 0) is 26.0 Å². The Kier molecular flexibility index (Phi) is 4.63. The predicted molar refractivity (Wildman–Crippen MR) is 78.2 cm³/mol. The van der Waals surface area contributed by atoms with Gasteiger partial charge in [0.15, 0.2) is 6.61 Å². The van der Waals surface area contributed by atoms with Crippen LogP contribution in [0.4, 0.5) is 5.82 Å². The monoisotopic (exact) mass is 293 g/mol. The quantitative estimate of drug-likeness (QED) is 0.921. The number of nitrogens with one attached hydrogen (secondary N) is 1. The number of anilines is 1. The van der Waals surface area contributed by atoms with Crippen molar-refractivity contribution in [2.45, 2.75) is 19.9 Å². The number of aromatic nitrogens is 2. The lowest BCUT2D eigenvalue weighted by atomic mass is 10.3. The van der Waals surface area contributed by atoms with Gasteiger partial charge in [0, 0.05) is 12.1 Å². The maximum Gasteiger partial charge on any atom is 0.263 e. The number of hydrogen-bond acceptors (Lipinski definition) is 3. The zero-order chi connectivity index (χ0) is 14.5. The minimum Gasteiger partial charge on any atom is -0.482 e. The van der Waals surface area contributed by atoms with E-state index in [-0.39, 0.29) is 18.6 Å². The Bertz CT molecular complexity index is 596. The first-order valence-corrected chi connectivity index (χ1v) is 6.66. The third kappa shape index (κ3) is 3.51. The van der Waals surface area contributed by atoms with Gasteiger partial charge in [0.05, 0.1) is 11.2 Å². The summed E-state index contributed by atoms with van der Waals surface area (Å²) < 4.78 is 7.10. The van der Waals surface area contributed by atoms with Gasteiger partial charge in [-0.25, -0.2) is 4.68 Å². The van der Waals surface area contributed by atoms with Gasteiger partial charge in [-0.1, -0.05) is 23.7 Å². The summed E-state index contributed by atoms with van der Waals surface area (Å²) >= 11 is 5.95. The minimum absolute atomic E-state index is 0.104. The van der Waals surface area contributed by atoms with Crippen LogP contribution in [0.5, 0.6) is 5.75 Å². The fourth-order valence-corrected chi connectivity index (χ4v) is 1.90. The molecule has 0 aliphatic rings. The molecular weight excluding hydrogens is 278 g/mol. The molecule has 0 saturated heterocycles. The van der Waals surface area contributed by atoms with Crippen molar-refractivity contribution in [3.8, 4) is 5.75 Å². The number of carbonyl (C=O) groups excluding carboxylic acids is 1. The van der Waals surface area contributed by atoms with E-state index in [0.29, 0.717) is 16.6 Å². The van der Waals surface area contributed by atoms with Crippen LogP contribution in [-0.2, 0) is 4.79 Å². The molecule has 0 spiro atoms. The molecular formula is C14H16ClN3O2. The molecule has 5 nitrogen and oxygen atoms in total. The second-order valence-electron chi connectivity index (χ2n) is 4.52. The number of hydrogen-bond donors (Lipinski definition) is 1. The average molecular weight is 294 g/mol. The van der Waals surface area contributed by atoms with Crippen molar-refractivity contribution < 1.29 is 9.53 Å². The molecule has 0 bridgehead atoms. The molecule has 6 heteroatoms. The molecule has 1 aromatic heterocycles. The van der Waals surface area contributed by atoms with Crippen LogP contribution in [0.1, 0.15) is 19.9 Å². The van der Waals surface area contributed by atoms with Crippen molar-refractivity contribution in [1.29, 1.82) is 0 Å². The molecule has 0 atom stereocenters. The van der Waals surface area contributed by atoms with E-state index >= 15 is 0 Å². The van der Waals surface area contributed by atoms with Crippen LogP contribution in [0.2, 0.25) is 5.02 Å². The summed E-state index contributed by atoms with van der Waals surface area (Å²) in [4.78, 5) is 11.8. The third-order valence-electron chi connectivity index (χ3n) is 2.62. The normalized spacial score (nSPS) is 10.6. The molecule has 2 rings (SSSR count). The zero-order valence-corrected chi connectivity index (χ0v) is 12.1. The van der Waals surface area contributed by atoms with Gasteiger partial charge in [0.1, 0.15) is 11.6 Å². The fraction of sp³-hybridized carbons (Fsp3) is 0.286. The standard InChI is InChI=1S/C14H16ClN3O2/c1-10(2)18-13(7-8-16-18)17-14(19)9-20-12-6-4-3-5-11(12)15/h3-8,10H,9H2,1-2H3,(H,17,19). The smallest absolute Gasteiger partial charge is 0.263 e. The molecule has 0 saturated carbocycles. The van der Waals surface area contributed by atoms with Crippen LogP contribution in [0.25, 0.3) is 0 Å². The number of benzene rings is 1. The maximum atomic E-state index is 11.8. The molecule has 1 aromatic carbocycles. The van der Waals surface area contributed by atoms with Gasteiger partial charge in [0.2, 0.25) is 0 Å². The molecule has 106 valence electrons. The van der Waals surface area contributed by atoms with Crippen molar-refractivity contribution in [3.63, 3.8) is 0 Å². The second-order valence-corrected chi connectivity index (χ2v) is 4.93. The highest BCUT2D eigenvalue weighted by Gasteiger charge is 2.10. The summed E-state index contributed by atoms with van der Waals surface area (Å²) in [5.41, 5.74) is 0. The van der Waals surface area contributed by atoms with Gasteiger partial charge >= 0.3 is 0 Å². The summed E-state index contributed by atoms with van der Waals surface area (Å²) in [5, 5.41) is 7.38. The van der Waals surface area contributed by atoms with Crippen molar-refractivity contribution in [1.82, 2.24) is 9.78 Å². The summed E-state index contributed by atoms with van der Waals surface area (Å²) in [5.74, 6) is 0.877. The Morgan fingerprint density at radius 3 is 2.85 bits per heavy atom. The lowest BCUT2D eigenvalue weighted by Gasteiger charge is -2.12. The highest BCUT2D eigenvalue weighted by atomic mass is 35.5. The Morgan fingerprint density at radius 1 is 1.40 bits per heavy atom. The molecule has 0 fully saturated rings. The van der Waals surface area contributed by atoms with Gasteiger partial charge < -0.3 is 10.1 Å². The summed E-state index contributed by atoms with van der Waals surface area (Å²) in [6.45, 7) is 3.87. The molecule has 0 aliphatic heterocycles. The molecule has 1 N–H and O–H groups in total. The molecule has 1 amide bonds. The minimum atomic E-state index is -0.257. The Morgan fingerprint density at radius 2 is 2.15 bits per heavy atom. The SMILES string of the molecule is CC(C)n1nccc1NC(=O)COc1ccccc1Cl. The topological polar surface area (TPSA) is 56.2 Å². The number of para-hydroxylation sites is 1. The summed E-state index contributed by atoms with van der Waals surface area (Å²) in [7, 11) is 0. The Balaban J connectivity index is 1.93. The lowest BCUT2D eigenvalue weighted by Crippen LogP contribution is -2.22. The molecule has 1 heterocycles. The number of amides is 1. The van der Waals surface area contributed by atoms with Crippen LogP contribution in [0, 0.1) is 0 Å². The fourth-order valence-electron chi connectivity index (χ4n) is 1.71. The first-order chi connectivity index (χ1) is 9.58. The van der Waals surface area contributed by atoms with Crippen LogP contribution in [0.15, 0.2) is 36.5 Å². The van der Waals surface area contributed by atoms with Crippen LogP contribution in [-0.4, -0.2) is 22.3 Å². The largest absolute Gasteiger partial charge is 0.482 e. The van der Waals surface area contributed by atoms with E-state index < -0.39 is 0 Å². The lowest BCUT2D eigenvalue weighted by molar-refractivity contribution is -0.118. The summed E-state index contributed by atoms with van der Waals surface area (Å²) in [6, 6.07) is 8.94. The highest BCUT2D eigenvalue weighted by Crippen LogP contribution is 2.23. The van der Waals surface area contributed by atoms with Crippen molar-refractivity contribution in [2.75, 3.05) is 11.9 Å². The number of halogens is 1. The van der Waals surface area contributed by atoms with Crippen LogP contribution < -0.4 is 10.1 Å². The van der Waals surface area contributed by atoms with Gasteiger partial charge in [-0.15, -0.1) is 0 Å². The number of rotatable bonds is 5. The van der Waals surface area contributed by atoms with E-state index in [4.69, 9.17) is 16.3 Å². The molecule has 2 aromatic rings. The number of ether oxygens (including phenoxy) is 1. The summed E-state index contributed by atoms with van der Waals surface area (Å²) in [6.07, 6.45) is 1.64. The van der Waals surface area contributed by atoms with E-state index in [1.165, 1.54) is 0 Å². The van der Waals surface area contributed by atoms with E-state index in [0.717, 1.165) is 0 Å². The molecule has 20 heavy (non-hydrogen) atoms. The highest BCUT2D eigenvalue weighted by molar-refractivity contribution is 6.32. The predicted octanol–water partition coefficient (Wildman–Crippen LogP) is 3.13. The van der Waals surface area contributed by atoms with Gasteiger partial charge in [-0.2, -0.15) is 5.10 Å². The number of nitrogens with zero attached hydrogens (tertiary/aromatic N) is 2. The van der Waals surface area contributed by atoms with E-state index in [9.17, 15) is 4.79 Å². The van der Waals surface area contributed by atoms with Crippen molar-refractivity contribution in [2.24, 2.45) is 0 Å². The van der Waals surface area contributed by atoms with Gasteiger partial charge in [-0.3, -0.25) is 4.79 Å². The van der Waals surface area contributed by atoms with E-state index in [1.807, 2.05) is 13.8 Å². The van der Waals surface area contributed by atoms with Gasteiger partial charge in [0.25, 0.3) is 5.91 Å². The third-order valence-corrected chi connectivity index (χ3v) is 2.93. The molecule has 0 aliphatic carbocycles. The zero-order valence-electron chi connectivity index (χ0n) is 11.3. The van der Waals surface area contributed by atoms with E-state index in [2.05, 4.69) is 10.4 Å². The second kappa shape index (κ2) is 6.43. The van der Waals surface area contributed by atoms with Crippen molar-refractivity contribution >= 4 is 23.3 Å². The van der Waals surface area contributed by atoms with Crippen LogP contribution in [0.3, 0.4) is 0 Å². The van der Waals surface area contributed by atoms with E-state index in [1.54, 1.807) is 41.2 Å². The average Bonchev–Trinajstić information content (AvgIpc) is 2.86. The van der Waals surface area contributed by atoms with Crippen molar-refractivity contribution in [3.05, 3.63) is 41.6 Å². The Labute approximate surface area is 122 Å². The first-order valence-electron chi connectivity index (χ1n) is 6.28. The first kappa shape index (κ1) is 14.4. The molecule has 0 unspecified atom stereocenters. The van der Waals surface area contributed by atoms with Crippen LogP contribution >= 0.6 is 11.6 Å². The Hall–Kier alpha value is -2.01. The maximum absolute atomic E-state index is 11.8. The molecule has 0 radical (unpaired) electrons.